The number of ether oxygens (including phenoxy) is 1. The van der Waals surface area contributed by atoms with E-state index >= 15 is 0 Å². The number of allylic oxidation sites excluding steroid dienone is 1. The summed E-state index contributed by atoms with van der Waals surface area (Å²) in [6.07, 6.45) is 6.97. The molecule has 2 rings (SSSR count). The minimum atomic E-state index is -0.670. The third-order valence-electron chi connectivity index (χ3n) is 3.77. The summed E-state index contributed by atoms with van der Waals surface area (Å²) < 4.78 is 5.94. The number of carboxylic acid groups (broad SMARTS) is 1. The molecule has 1 aliphatic rings. The Balaban J connectivity index is 1.83. The van der Waals surface area contributed by atoms with E-state index in [0.29, 0.717) is 5.19 Å². The van der Waals surface area contributed by atoms with Gasteiger partial charge in [-0.05, 0) is 38.8 Å². The molecule has 2 heterocycles. The molecule has 1 unspecified atom stereocenters. The van der Waals surface area contributed by atoms with Crippen molar-refractivity contribution in [3.63, 3.8) is 0 Å². The Morgan fingerprint density at radius 2 is 2.38 bits per heavy atom. The van der Waals surface area contributed by atoms with Crippen LogP contribution >= 0.6 is 11.3 Å². The van der Waals surface area contributed by atoms with Crippen molar-refractivity contribution >= 4 is 17.3 Å². The van der Waals surface area contributed by atoms with Crippen molar-refractivity contribution in [2.24, 2.45) is 5.92 Å². The standard InChI is InChI=1S/C15H22N2O3S/c1-2-3-4-13(20-15-16-7-10-21-15)11-17-8-5-12(6-9-17)14(18)19/h2,7,10,12-13H,1,3-6,8-9,11H2,(H,18,19). The second-order valence-corrected chi connectivity index (χ2v) is 6.17. The first kappa shape index (κ1) is 16.0. The van der Waals surface area contributed by atoms with E-state index in [1.54, 1.807) is 6.20 Å². The number of hydrogen-bond donors (Lipinski definition) is 1. The SMILES string of the molecule is C=CCCC(CN1CCC(C(=O)O)CC1)Oc1nccs1. The van der Waals surface area contributed by atoms with E-state index in [1.807, 2.05) is 11.5 Å². The molecule has 5 nitrogen and oxygen atoms in total. The highest BCUT2D eigenvalue weighted by atomic mass is 32.1. The average Bonchev–Trinajstić information content (AvgIpc) is 2.98. The Kier molecular flexibility index (Phi) is 6.20. The Labute approximate surface area is 129 Å². The summed E-state index contributed by atoms with van der Waals surface area (Å²) in [6, 6.07) is 0. The third kappa shape index (κ3) is 5.13. The van der Waals surface area contributed by atoms with Gasteiger partial charge in [-0.25, -0.2) is 4.98 Å². The predicted octanol–water partition coefficient (Wildman–Crippen LogP) is 2.65. The van der Waals surface area contributed by atoms with Crippen LogP contribution in [-0.4, -0.2) is 46.7 Å². The number of hydrogen-bond acceptors (Lipinski definition) is 5. The molecule has 1 N–H and O–H groups in total. The van der Waals surface area contributed by atoms with E-state index in [-0.39, 0.29) is 12.0 Å². The molecule has 0 radical (unpaired) electrons. The van der Waals surface area contributed by atoms with Crippen LogP contribution in [-0.2, 0) is 4.79 Å². The molecule has 1 aromatic rings. The van der Waals surface area contributed by atoms with Gasteiger partial charge in [0, 0.05) is 18.1 Å². The van der Waals surface area contributed by atoms with Crippen molar-refractivity contribution in [3.05, 3.63) is 24.2 Å². The van der Waals surface area contributed by atoms with E-state index in [9.17, 15) is 4.79 Å². The van der Waals surface area contributed by atoms with Gasteiger partial charge in [-0.2, -0.15) is 0 Å². The lowest BCUT2D eigenvalue weighted by Crippen LogP contribution is -2.42. The van der Waals surface area contributed by atoms with Crippen LogP contribution in [0.15, 0.2) is 24.2 Å². The van der Waals surface area contributed by atoms with Gasteiger partial charge in [0.05, 0.1) is 5.92 Å². The van der Waals surface area contributed by atoms with Crippen molar-refractivity contribution < 1.29 is 14.6 Å². The first-order chi connectivity index (χ1) is 10.2. The summed E-state index contributed by atoms with van der Waals surface area (Å²) in [6.45, 7) is 6.22. The van der Waals surface area contributed by atoms with Crippen molar-refractivity contribution in [1.82, 2.24) is 9.88 Å². The molecule has 0 bridgehead atoms. The number of piperidine rings is 1. The molecular weight excluding hydrogens is 288 g/mol. The summed E-state index contributed by atoms with van der Waals surface area (Å²) in [5.74, 6) is -0.857. The van der Waals surface area contributed by atoms with Gasteiger partial charge in [0.1, 0.15) is 6.10 Å². The van der Waals surface area contributed by atoms with E-state index in [1.165, 1.54) is 11.3 Å². The number of aliphatic carboxylic acids is 1. The lowest BCUT2D eigenvalue weighted by molar-refractivity contribution is -0.143. The van der Waals surface area contributed by atoms with Crippen molar-refractivity contribution in [3.8, 4) is 5.19 Å². The van der Waals surface area contributed by atoms with Gasteiger partial charge in [-0.1, -0.05) is 17.4 Å². The Morgan fingerprint density at radius 1 is 1.62 bits per heavy atom. The van der Waals surface area contributed by atoms with Gasteiger partial charge in [-0.3, -0.25) is 9.69 Å². The fourth-order valence-electron chi connectivity index (χ4n) is 2.55. The lowest BCUT2D eigenvalue weighted by Gasteiger charge is -2.32. The molecule has 0 aromatic carbocycles. The summed E-state index contributed by atoms with van der Waals surface area (Å²) in [4.78, 5) is 17.4. The fraction of sp³-hybridized carbons (Fsp3) is 0.600. The molecule has 1 fully saturated rings. The Morgan fingerprint density at radius 3 is 2.95 bits per heavy atom. The molecule has 0 spiro atoms. The first-order valence-corrected chi connectivity index (χ1v) is 8.19. The van der Waals surface area contributed by atoms with Gasteiger partial charge in [-0.15, -0.1) is 6.58 Å². The average molecular weight is 310 g/mol. The van der Waals surface area contributed by atoms with Gasteiger partial charge >= 0.3 is 5.97 Å². The van der Waals surface area contributed by atoms with Crippen LogP contribution in [0, 0.1) is 5.92 Å². The van der Waals surface area contributed by atoms with Gasteiger partial charge < -0.3 is 9.84 Å². The summed E-state index contributed by atoms with van der Waals surface area (Å²) in [5, 5.41) is 11.6. The minimum absolute atomic E-state index is 0.0792. The third-order valence-corrected chi connectivity index (χ3v) is 4.43. The fourth-order valence-corrected chi connectivity index (χ4v) is 3.10. The normalized spacial score (nSPS) is 18.3. The number of carboxylic acids is 1. The van der Waals surface area contributed by atoms with Crippen molar-refractivity contribution in [1.29, 1.82) is 0 Å². The zero-order chi connectivity index (χ0) is 15.1. The van der Waals surface area contributed by atoms with Crippen LogP contribution in [0.25, 0.3) is 0 Å². The number of likely N-dealkylation sites (tertiary alicyclic amines) is 1. The first-order valence-electron chi connectivity index (χ1n) is 7.31. The van der Waals surface area contributed by atoms with E-state index in [2.05, 4.69) is 16.5 Å². The molecule has 0 aliphatic carbocycles. The number of rotatable bonds is 8. The minimum Gasteiger partial charge on any atom is -0.481 e. The molecule has 1 atom stereocenters. The largest absolute Gasteiger partial charge is 0.481 e. The quantitative estimate of drug-likeness (QED) is 0.748. The highest BCUT2D eigenvalue weighted by molar-refractivity contribution is 7.11. The van der Waals surface area contributed by atoms with Crippen molar-refractivity contribution in [2.75, 3.05) is 19.6 Å². The van der Waals surface area contributed by atoms with Crippen LogP contribution in [0.5, 0.6) is 5.19 Å². The zero-order valence-corrected chi connectivity index (χ0v) is 12.9. The highest BCUT2D eigenvalue weighted by Crippen LogP contribution is 2.21. The van der Waals surface area contributed by atoms with Crippen LogP contribution in [0.4, 0.5) is 0 Å². The maximum Gasteiger partial charge on any atom is 0.306 e. The maximum absolute atomic E-state index is 11.0. The predicted molar refractivity (Wildman–Crippen MR) is 82.8 cm³/mol. The van der Waals surface area contributed by atoms with Crippen LogP contribution in [0.2, 0.25) is 0 Å². The monoisotopic (exact) mass is 310 g/mol. The number of nitrogens with zero attached hydrogens (tertiary/aromatic N) is 2. The van der Waals surface area contributed by atoms with Gasteiger partial charge in [0.25, 0.3) is 5.19 Å². The smallest absolute Gasteiger partial charge is 0.306 e. The van der Waals surface area contributed by atoms with Crippen molar-refractivity contribution in [2.45, 2.75) is 31.8 Å². The maximum atomic E-state index is 11.0. The molecule has 0 saturated carbocycles. The van der Waals surface area contributed by atoms with Gasteiger partial charge in [0.15, 0.2) is 0 Å². The Bertz CT molecular complexity index is 442. The molecule has 1 saturated heterocycles. The summed E-state index contributed by atoms with van der Waals surface area (Å²) in [7, 11) is 0. The number of carbonyl (C=O) groups is 1. The Hall–Kier alpha value is -1.40. The molecule has 6 heteroatoms. The number of thiazole rings is 1. The van der Waals surface area contributed by atoms with Crippen LogP contribution in [0.3, 0.4) is 0 Å². The topological polar surface area (TPSA) is 62.7 Å². The van der Waals surface area contributed by atoms with E-state index in [4.69, 9.17) is 9.84 Å². The van der Waals surface area contributed by atoms with E-state index in [0.717, 1.165) is 45.3 Å². The molecular formula is C15H22N2O3S. The summed E-state index contributed by atoms with van der Waals surface area (Å²) in [5.41, 5.74) is 0. The second kappa shape index (κ2) is 8.14. The molecule has 1 aromatic heterocycles. The van der Waals surface area contributed by atoms with Gasteiger partial charge in [0.2, 0.25) is 0 Å². The van der Waals surface area contributed by atoms with E-state index < -0.39 is 5.97 Å². The highest BCUT2D eigenvalue weighted by Gasteiger charge is 2.26. The van der Waals surface area contributed by atoms with Crippen LogP contribution in [0.1, 0.15) is 25.7 Å². The summed E-state index contributed by atoms with van der Waals surface area (Å²) >= 11 is 1.50. The molecule has 1 aliphatic heterocycles. The molecule has 116 valence electrons. The second-order valence-electron chi connectivity index (χ2n) is 5.32. The zero-order valence-electron chi connectivity index (χ0n) is 12.1. The number of aromatic nitrogens is 1. The lowest BCUT2D eigenvalue weighted by atomic mass is 9.97. The van der Waals surface area contributed by atoms with Crippen LogP contribution < -0.4 is 4.74 Å². The molecule has 21 heavy (non-hydrogen) atoms. The molecule has 0 amide bonds.